The summed E-state index contributed by atoms with van der Waals surface area (Å²) >= 11 is 0. The molecule has 1 heterocycles. The van der Waals surface area contributed by atoms with Crippen molar-refractivity contribution in [3.8, 4) is 0 Å². The summed E-state index contributed by atoms with van der Waals surface area (Å²) in [6.45, 7) is 5.31. The van der Waals surface area contributed by atoms with E-state index in [2.05, 4.69) is 35.0 Å². The average molecular weight is 259 g/mol. The van der Waals surface area contributed by atoms with Crippen LogP contribution in [-0.4, -0.2) is 28.9 Å². The number of likely N-dealkylation sites (N-methyl/N-ethyl adjacent to an activating group) is 1. The number of nitrogens with zero attached hydrogens (tertiary/aromatic N) is 2. The highest BCUT2D eigenvalue weighted by molar-refractivity contribution is 5.78. The molecular formula is C15H21N3O. The van der Waals surface area contributed by atoms with E-state index in [-0.39, 0.29) is 5.78 Å². The van der Waals surface area contributed by atoms with Crippen LogP contribution < -0.4 is 5.32 Å². The summed E-state index contributed by atoms with van der Waals surface area (Å²) < 4.78 is 2.17. The molecule has 0 amide bonds. The van der Waals surface area contributed by atoms with E-state index in [1.807, 2.05) is 7.05 Å². The van der Waals surface area contributed by atoms with Gasteiger partial charge in [-0.3, -0.25) is 4.79 Å². The molecular weight excluding hydrogens is 238 g/mol. The predicted molar refractivity (Wildman–Crippen MR) is 77.4 cm³/mol. The lowest BCUT2D eigenvalue weighted by Crippen LogP contribution is -2.15. The quantitative estimate of drug-likeness (QED) is 0.864. The number of carbonyl (C=O) groups is 1. The number of ketones is 1. The van der Waals surface area contributed by atoms with Gasteiger partial charge in [0.1, 0.15) is 11.6 Å². The van der Waals surface area contributed by atoms with Crippen LogP contribution >= 0.6 is 0 Å². The molecule has 1 aromatic carbocycles. The minimum absolute atomic E-state index is 0.216. The van der Waals surface area contributed by atoms with E-state index in [0.717, 1.165) is 29.8 Å². The number of nitrogens with one attached hydrogen (secondary N) is 1. The van der Waals surface area contributed by atoms with Crippen molar-refractivity contribution >= 4 is 16.8 Å². The standard InChI is InChI=1S/C15H21N3O/c1-11-4-5-14-13(10-11)17-15(6-8-16-3)18(14)9-7-12(2)19/h4-5,10,16H,6-9H2,1-3H3. The molecule has 1 aromatic heterocycles. The normalized spacial score (nSPS) is 11.1. The van der Waals surface area contributed by atoms with Crippen LogP contribution in [0.1, 0.15) is 24.7 Å². The molecule has 4 nitrogen and oxygen atoms in total. The second-order valence-corrected chi connectivity index (χ2v) is 4.98. The number of hydrogen-bond acceptors (Lipinski definition) is 3. The van der Waals surface area contributed by atoms with Gasteiger partial charge in [0.15, 0.2) is 0 Å². The Hall–Kier alpha value is -1.68. The Labute approximate surface area is 113 Å². The lowest BCUT2D eigenvalue weighted by molar-refractivity contribution is -0.117. The van der Waals surface area contributed by atoms with Crippen LogP contribution in [0.15, 0.2) is 18.2 Å². The Morgan fingerprint density at radius 3 is 2.89 bits per heavy atom. The summed E-state index contributed by atoms with van der Waals surface area (Å²) in [5, 5.41) is 3.14. The van der Waals surface area contributed by atoms with E-state index in [4.69, 9.17) is 4.98 Å². The Bertz CT molecular complexity index is 586. The molecule has 0 aliphatic heterocycles. The van der Waals surface area contributed by atoms with E-state index < -0.39 is 0 Å². The number of aryl methyl sites for hydroxylation is 2. The molecule has 0 aliphatic carbocycles. The second kappa shape index (κ2) is 5.97. The number of carbonyl (C=O) groups excluding carboxylic acids is 1. The summed E-state index contributed by atoms with van der Waals surface area (Å²) in [7, 11) is 1.94. The highest BCUT2D eigenvalue weighted by Crippen LogP contribution is 2.18. The van der Waals surface area contributed by atoms with Crippen molar-refractivity contribution in [3.63, 3.8) is 0 Å². The summed E-state index contributed by atoms with van der Waals surface area (Å²) in [6.07, 6.45) is 1.44. The van der Waals surface area contributed by atoms with Gasteiger partial charge in [-0.25, -0.2) is 4.98 Å². The van der Waals surface area contributed by atoms with Crippen LogP contribution in [0.25, 0.3) is 11.0 Å². The van der Waals surface area contributed by atoms with Crippen LogP contribution in [-0.2, 0) is 17.8 Å². The van der Waals surface area contributed by atoms with Crippen LogP contribution in [0.2, 0.25) is 0 Å². The first kappa shape index (κ1) is 13.7. The first-order chi connectivity index (χ1) is 9.11. The lowest BCUT2D eigenvalue weighted by atomic mass is 10.2. The van der Waals surface area contributed by atoms with Gasteiger partial charge in [0, 0.05) is 25.9 Å². The van der Waals surface area contributed by atoms with Crippen LogP contribution in [0, 0.1) is 6.92 Å². The maximum atomic E-state index is 11.2. The number of aromatic nitrogens is 2. The average Bonchev–Trinajstić information content (AvgIpc) is 2.70. The zero-order valence-corrected chi connectivity index (χ0v) is 11.9. The van der Waals surface area contributed by atoms with Crippen molar-refractivity contribution in [2.75, 3.05) is 13.6 Å². The Morgan fingerprint density at radius 2 is 2.21 bits per heavy atom. The number of imidazole rings is 1. The second-order valence-electron chi connectivity index (χ2n) is 4.98. The summed E-state index contributed by atoms with van der Waals surface area (Å²) in [4.78, 5) is 15.9. The van der Waals surface area contributed by atoms with Crippen LogP contribution in [0.5, 0.6) is 0 Å². The fourth-order valence-corrected chi connectivity index (χ4v) is 2.24. The number of hydrogen-bond donors (Lipinski definition) is 1. The maximum Gasteiger partial charge on any atom is 0.131 e. The van der Waals surface area contributed by atoms with Crippen LogP contribution in [0.3, 0.4) is 0 Å². The van der Waals surface area contributed by atoms with E-state index >= 15 is 0 Å². The lowest BCUT2D eigenvalue weighted by Gasteiger charge is -2.08. The predicted octanol–water partition coefficient (Wildman–Crippen LogP) is 2.09. The molecule has 1 N–H and O–H groups in total. The molecule has 0 aliphatic rings. The van der Waals surface area contributed by atoms with Gasteiger partial charge in [-0.1, -0.05) is 6.07 Å². The molecule has 19 heavy (non-hydrogen) atoms. The zero-order chi connectivity index (χ0) is 13.8. The Morgan fingerprint density at radius 1 is 1.42 bits per heavy atom. The van der Waals surface area contributed by atoms with Gasteiger partial charge in [0.2, 0.25) is 0 Å². The molecule has 2 aromatic rings. The fourth-order valence-electron chi connectivity index (χ4n) is 2.24. The van der Waals surface area contributed by atoms with Gasteiger partial charge in [-0.15, -0.1) is 0 Å². The molecule has 0 unspecified atom stereocenters. The minimum Gasteiger partial charge on any atom is -0.328 e. The summed E-state index contributed by atoms with van der Waals surface area (Å²) in [6, 6.07) is 6.29. The van der Waals surface area contributed by atoms with E-state index in [0.29, 0.717) is 13.0 Å². The molecule has 102 valence electrons. The smallest absolute Gasteiger partial charge is 0.131 e. The third kappa shape index (κ3) is 3.20. The molecule has 0 radical (unpaired) electrons. The third-order valence-electron chi connectivity index (χ3n) is 3.27. The SMILES string of the molecule is CNCCc1nc2cc(C)ccc2n1CCC(C)=O. The molecule has 4 heteroatoms. The molecule has 0 spiro atoms. The zero-order valence-electron chi connectivity index (χ0n) is 11.9. The molecule has 0 bridgehead atoms. The van der Waals surface area contributed by atoms with E-state index in [1.54, 1.807) is 6.92 Å². The number of Topliss-reactive ketones (excluding diaryl/α,β-unsaturated/α-hetero) is 1. The van der Waals surface area contributed by atoms with Crippen molar-refractivity contribution < 1.29 is 4.79 Å². The highest BCUT2D eigenvalue weighted by Gasteiger charge is 2.10. The van der Waals surface area contributed by atoms with Gasteiger partial charge >= 0.3 is 0 Å². The number of rotatable bonds is 6. The van der Waals surface area contributed by atoms with E-state index in [1.165, 1.54) is 5.56 Å². The molecule has 2 rings (SSSR count). The first-order valence-corrected chi connectivity index (χ1v) is 6.71. The number of fused-ring (bicyclic) bond motifs is 1. The van der Waals surface area contributed by atoms with E-state index in [9.17, 15) is 4.79 Å². The van der Waals surface area contributed by atoms with Crippen molar-refractivity contribution in [3.05, 3.63) is 29.6 Å². The summed E-state index contributed by atoms with van der Waals surface area (Å²) in [5.41, 5.74) is 3.36. The van der Waals surface area contributed by atoms with Gasteiger partial charge in [-0.05, 0) is 38.6 Å². The molecule has 0 fully saturated rings. The number of benzene rings is 1. The molecule has 0 saturated heterocycles. The van der Waals surface area contributed by atoms with Gasteiger partial charge in [-0.2, -0.15) is 0 Å². The van der Waals surface area contributed by atoms with Crippen molar-refractivity contribution in [1.29, 1.82) is 0 Å². The third-order valence-corrected chi connectivity index (χ3v) is 3.27. The first-order valence-electron chi connectivity index (χ1n) is 6.71. The van der Waals surface area contributed by atoms with Gasteiger partial charge < -0.3 is 9.88 Å². The minimum atomic E-state index is 0.216. The topological polar surface area (TPSA) is 46.9 Å². The Kier molecular flexibility index (Phi) is 4.32. The van der Waals surface area contributed by atoms with Crippen molar-refractivity contribution in [2.24, 2.45) is 0 Å². The molecule has 0 saturated carbocycles. The van der Waals surface area contributed by atoms with Gasteiger partial charge in [0.25, 0.3) is 0 Å². The maximum absolute atomic E-state index is 11.2. The Balaban J connectivity index is 2.39. The van der Waals surface area contributed by atoms with Gasteiger partial charge in [0.05, 0.1) is 11.0 Å². The van der Waals surface area contributed by atoms with Crippen molar-refractivity contribution in [1.82, 2.24) is 14.9 Å². The molecule has 0 atom stereocenters. The highest BCUT2D eigenvalue weighted by atomic mass is 16.1. The fraction of sp³-hybridized carbons (Fsp3) is 0.467. The largest absolute Gasteiger partial charge is 0.328 e. The monoisotopic (exact) mass is 259 g/mol. The summed E-state index contributed by atoms with van der Waals surface area (Å²) in [5.74, 6) is 1.27. The van der Waals surface area contributed by atoms with Crippen molar-refractivity contribution in [2.45, 2.75) is 33.2 Å². The van der Waals surface area contributed by atoms with Crippen LogP contribution in [0.4, 0.5) is 0 Å².